The van der Waals surface area contributed by atoms with Crippen molar-refractivity contribution >= 4 is 29.2 Å². The van der Waals surface area contributed by atoms with Gasteiger partial charge in [0.25, 0.3) is 5.91 Å². The molecule has 0 saturated carbocycles. The molecule has 0 fully saturated rings. The van der Waals surface area contributed by atoms with Gasteiger partial charge in [-0.15, -0.1) is 0 Å². The summed E-state index contributed by atoms with van der Waals surface area (Å²) < 4.78 is 4.99. The molecule has 0 unspecified atom stereocenters. The first-order valence-electron chi connectivity index (χ1n) is 9.24. The molecule has 0 bridgehead atoms. The van der Waals surface area contributed by atoms with Crippen molar-refractivity contribution in [2.24, 2.45) is 5.41 Å². The van der Waals surface area contributed by atoms with Crippen molar-refractivity contribution in [3.8, 4) is 5.75 Å². The van der Waals surface area contributed by atoms with Crippen LogP contribution < -0.4 is 15.4 Å². The number of hydrogen-bond donors (Lipinski definition) is 2. The van der Waals surface area contributed by atoms with Crippen LogP contribution in [0.15, 0.2) is 60.2 Å². The van der Waals surface area contributed by atoms with Gasteiger partial charge in [-0.05, 0) is 54.8 Å². The van der Waals surface area contributed by atoms with Crippen molar-refractivity contribution in [3.05, 3.63) is 65.7 Å². The number of benzene rings is 2. The number of esters is 1. The van der Waals surface area contributed by atoms with Crippen LogP contribution in [-0.2, 0) is 9.59 Å². The highest BCUT2D eigenvalue weighted by Gasteiger charge is 2.14. The van der Waals surface area contributed by atoms with E-state index in [0.717, 1.165) is 5.57 Å². The summed E-state index contributed by atoms with van der Waals surface area (Å²) >= 11 is 0. The van der Waals surface area contributed by atoms with Gasteiger partial charge >= 0.3 is 5.97 Å². The summed E-state index contributed by atoms with van der Waals surface area (Å²) in [5.41, 5.74) is 2.48. The molecule has 2 rings (SSSR count). The summed E-state index contributed by atoms with van der Waals surface area (Å²) in [6.07, 6.45) is 1.59. The molecule has 29 heavy (non-hydrogen) atoms. The number of rotatable bonds is 5. The van der Waals surface area contributed by atoms with Crippen LogP contribution in [0.25, 0.3) is 0 Å². The second-order valence-electron chi connectivity index (χ2n) is 7.72. The Morgan fingerprint density at radius 3 is 2.03 bits per heavy atom. The summed E-state index contributed by atoms with van der Waals surface area (Å²) in [5, 5.41) is 5.57. The van der Waals surface area contributed by atoms with E-state index in [1.165, 1.54) is 13.0 Å². The predicted molar refractivity (Wildman–Crippen MR) is 114 cm³/mol. The molecular formula is C23H26N2O4. The number of ether oxygens (including phenoxy) is 1. The van der Waals surface area contributed by atoms with Crippen LogP contribution in [0.5, 0.6) is 5.75 Å². The number of amides is 2. The van der Waals surface area contributed by atoms with Gasteiger partial charge in [-0.1, -0.05) is 32.4 Å². The average molecular weight is 394 g/mol. The Hall–Kier alpha value is -3.41. The lowest BCUT2D eigenvalue weighted by molar-refractivity contribution is -0.131. The van der Waals surface area contributed by atoms with Gasteiger partial charge < -0.3 is 15.4 Å². The van der Waals surface area contributed by atoms with Crippen LogP contribution in [0.1, 0.15) is 45.0 Å². The third-order valence-corrected chi connectivity index (χ3v) is 4.30. The Labute approximate surface area is 171 Å². The fourth-order valence-corrected chi connectivity index (χ4v) is 2.30. The highest BCUT2D eigenvalue weighted by Crippen LogP contribution is 2.24. The molecule has 6 heteroatoms. The van der Waals surface area contributed by atoms with Gasteiger partial charge in [-0.25, -0.2) is 0 Å². The largest absolute Gasteiger partial charge is 0.427 e. The molecule has 6 nitrogen and oxygen atoms in total. The number of anilines is 2. The number of nitrogens with one attached hydrogen (secondary N) is 2. The van der Waals surface area contributed by atoms with E-state index in [1.54, 1.807) is 48.5 Å². The third-order valence-electron chi connectivity index (χ3n) is 4.30. The Morgan fingerprint density at radius 2 is 1.48 bits per heavy atom. The second-order valence-corrected chi connectivity index (χ2v) is 7.72. The quantitative estimate of drug-likeness (QED) is 0.434. The first-order valence-corrected chi connectivity index (χ1v) is 9.24. The third kappa shape index (κ3) is 6.92. The van der Waals surface area contributed by atoms with Gasteiger partial charge in [-0.3, -0.25) is 14.4 Å². The summed E-state index contributed by atoms with van der Waals surface area (Å²) in [4.78, 5) is 35.6. The van der Waals surface area contributed by atoms with E-state index < -0.39 is 5.97 Å². The molecule has 0 radical (unpaired) electrons. The highest BCUT2D eigenvalue weighted by atomic mass is 16.5. The van der Waals surface area contributed by atoms with Crippen molar-refractivity contribution in [2.45, 2.75) is 34.6 Å². The van der Waals surface area contributed by atoms with E-state index in [9.17, 15) is 14.4 Å². The van der Waals surface area contributed by atoms with Gasteiger partial charge in [0.05, 0.1) is 0 Å². The Morgan fingerprint density at radius 1 is 0.897 bits per heavy atom. The molecule has 0 spiro atoms. The molecule has 0 aliphatic carbocycles. The minimum absolute atomic E-state index is 0.0712. The fourth-order valence-electron chi connectivity index (χ4n) is 2.30. The Bertz CT molecular complexity index is 938. The minimum atomic E-state index is -0.451. The molecule has 2 aromatic rings. The van der Waals surface area contributed by atoms with Crippen LogP contribution in [0.4, 0.5) is 11.4 Å². The zero-order chi connectivity index (χ0) is 21.6. The van der Waals surface area contributed by atoms with Crippen LogP contribution in [0, 0.1) is 5.41 Å². The minimum Gasteiger partial charge on any atom is -0.427 e. The SMILES string of the molecule is CC(=O)Oc1cccc(C(=O)Nc2ccc(NC(=O)/C=C(\C)C(C)(C)C)cc2)c1. The van der Waals surface area contributed by atoms with E-state index in [1.807, 2.05) is 27.7 Å². The maximum atomic E-state index is 12.4. The van der Waals surface area contributed by atoms with E-state index in [2.05, 4.69) is 10.6 Å². The Kier molecular flexibility index (Phi) is 6.93. The average Bonchev–Trinajstić information content (AvgIpc) is 2.62. The molecular weight excluding hydrogens is 368 g/mol. The number of carbonyl (C=O) groups excluding carboxylic acids is 3. The van der Waals surface area contributed by atoms with E-state index in [0.29, 0.717) is 22.7 Å². The van der Waals surface area contributed by atoms with Gasteiger partial charge in [0.2, 0.25) is 5.91 Å². The zero-order valence-electron chi connectivity index (χ0n) is 17.3. The van der Waals surface area contributed by atoms with Crippen LogP contribution in [-0.4, -0.2) is 17.8 Å². The maximum Gasteiger partial charge on any atom is 0.308 e. The lowest BCUT2D eigenvalue weighted by Gasteiger charge is -2.19. The fraction of sp³-hybridized carbons (Fsp3) is 0.261. The highest BCUT2D eigenvalue weighted by molar-refractivity contribution is 6.05. The summed E-state index contributed by atoms with van der Waals surface area (Å²) in [5.74, 6) is -0.675. The first-order chi connectivity index (χ1) is 13.5. The number of carbonyl (C=O) groups is 3. The smallest absolute Gasteiger partial charge is 0.308 e. The lowest BCUT2D eigenvalue weighted by Crippen LogP contribution is -2.14. The van der Waals surface area contributed by atoms with Crippen molar-refractivity contribution in [1.82, 2.24) is 0 Å². The van der Waals surface area contributed by atoms with Gasteiger partial charge in [-0.2, -0.15) is 0 Å². The van der Waals surface area contributed by atoms with Crippen molar-refractivity contribution < 1.29 is 19.1 Å². The molecule has 2 N–H and O–H groups in total. The van der Waals surface area contributed by atoms with Gasteiger partial charge in [0.1, 0.15) is 5.75 Å². The number of allylic oxidation sites excluding steroid dienone is 1. The van der Waals surface area contributed by atoms with Crippen molar-refractivity contribution in [1.29, 1.82) is 0 Å². The van der Waals surface area contributed by atoms with Crippen LogP contribution in [0.3, 0.4) is 0 Å². The zero-order valence-corrected chi connectivity index (χ0v) is 17.3. The summed E-state index contributed by atoms with van der Waals surface area (Å²) in [6.45, 7) is 9.37. The van der Waals surface area contributed by atoms with Crippen molar-refractivity contribution in [3.63, 3.8) is 0 Å². The monoisotopic (exact) mass is 394 g/mol. The van der Waals surface area contributed by atoms with Crippen LogP contribution in [0.2, 0.25) is 0 Å². The molecule has 0 aromatic heterocycles. The van der Waals surface area contributed by atoms with Gasteiger partial charge in [0.15, 0.2) is 0 Å². The lowest BCUT2D eigenvalue weighted by atomic mass is 9.87. The molecule has 0 aliphatic rings. The van der Waals surface area contributed by atoms with Crippen molar-refractivity contribution in [2.75, 3.05) is 10.6 Å². The molecule has 2 aromatic carbocycles. The molecule has 152 valence electrons. The second kappa shape index (κ2) is 9.19. The molecule has 2 amide bonds. The molecule has 0 saturated heterocycles. The molecule has 0 heterocycles. The number of hydrogen-bond acceptors (Lipinski definition) is 4. The molecule has 0 aliphatic heterocycles. The Balaban J connectivity index is 2.01. The van der Waals surface area contributed by atoms with E-state index >= 15 is 0 Å². The van der Waals surface area contributed by atoms with E-state index in [-0.39, 0.29) is 17.2 Å². The summed E-state index contributed by atoms with van der Waals surface area (Å²) in [6, 6.07) is 13.2. The standard InChI is InChI=1S/C23H26N2O4/c1-15(23(3,4)5)13-21(27)24-18-9-11-19(12-10-18)25-22(28)17-7-6-8-20(14-17)29-16(2)26/h6-14H,1-5H3,(H,24,27)(H,25,28)/b15-13+. The first kappa shape index (κ1) is 21.9. The van der Waals surface area contributed by atoms with Crippen LogP contribution >= 0.6 is 0 Å². The normalized spacial score (nSPS) is 11.6. The summed E-state index contributed by atoms with van der Waals surface area (Å²) in [7, 11) is 0. The maximum absolute atomic E-state index is 12.4. The predicted octanol–water partition coefficient (Wildman–Crippen LogP) is 4.80. The molecule has 0 atom stereocenters. The topological polar surface area (TPSA) is 84.5 Å². The van der Waals surface area contributed by atoms with Gasteiger partial charge in [0, 0.05) is 29.9 Å². The van der Waals surface area contributed by atoms with E-state index in [4.69, 9.17) is 4.74 Å².